The number of aromatic amines is 1. The van der Waals surface area contributed by atoms with Crippen LogP contribution in [0.3, 0.4) is 0 Å². The molecule has 5 aromatic carbocycles. The first-order chi connectivity index (χ1) is 24.2. The minimum atomic E-state index is -3.58. The van der Waals surface area contributed by atoms with E-state index in [1.807, 2.05) is 97.2 Å². The molecule has 0 aliphatic carbocycles. The number of anilines is 1. The molecular formula is C40H35N3O5S2. The van der Waals surface area contributed by atoms with Gasteiger partial charge in [0.15, 0.2) is 9.84 Å². The van der Waals surface area contributed by atoms with Gasteiger partial charge in [-0.3, -0.25) is 4.31 Å². The van der Waals surface area contributed by atoms with Gasteiger partial charge in [0, 0.05) is 40.7 Å². The molecule has 2 heterocycles. The summed E-state index contributed by atoms with van der Waals surface area (Å²) in [6, 6.07) is 40.9. The van der Waals surface area contributed by atoms with E-state index in [2.05, 4.69) is 4.98 Å². The van der Waals surface area contributed by atoms with Crippen molar-refractivity contribution in [3.8, 4) is 28.0 Å². The number of hydrogen-bond donors (Lipinski definition) is 1. The van der Waals surface area contributed by atoms with Crippen molar-refractivity contribution >= 4 is 47.5 Å². The monoisotopic (exact) mass is 701 g/mol. The Hall–Kier alpha value is -5.45. The number of rotatable bonds is 12. The second-order valence-corrected chi connectivity index (χ2v) is 16.2. The lowest BCUT2D eigenvalue weighted by Crippen LogP contribution is -2.29. The van der Waals surface area contributed by atoms with Gasteiger partial charge in [-0.15, -0.1) is 0 Å². The van der Waals surface area contributed by atoms with Crippen LogP contribution in [0.25, 0.3) is 44.2 Å². The molecule has 0 saturated carbocycles. The lowest BCUT2D eigenvalue weighted by molar-refractivity contribution is 0.317. The molecule has 7 rings (SSSR count). The Balaban J connectivity index is 1.21. The average molecular weight is 702 g/mol. The molecule has 0 spiro atoms. The lowest BCUT2D eigenvalue weighted by Gasteiger charge is -2.20. The van der Waals surface area contributed by atoms with Crippen LogP contribution in [-0.2, 0) is 25.6 Å². The average Bonchev–Trinajstić information content (AvgIpc) is 3.52. The Labute approximate surface area is 292 Å². The number of sulfonamides is 1. The van der Waals surface area contributed by atoms with E-state index in [-0.39, 0.29) is 16.4 Å². The number of H-pyrrole nitrogens is 1. The van der Waals surface area contributed by atoms with Crippen molar-refractivity contribution in [3.05, 3.63) is 145 Å². The van der Waals surface area contributed by atoms with Crippen LogP contribution >= 0.6 is 0 Å². The van der Waals surface area contributed by atoms with E-state index < -0.39 is 19.9 Å². The largest absolute Gasteiger partial charge is 0.494 e. The molecule has 10 heteroatoms. The number of nitrogens with zero attached hydrogens (tertiary/aromatic N) is 2. The molecular weight excluding hydrogens is 667 g/mol. The Bertz CT molecular complexity index is 2490. The quantitative estimate of drug-likeness (QED) is 0.129. The first-order valence-electron chi connectivity index (χ1n) is 16.2. The summed E-state index contributed by atoms with van der Waals surface area (Å²) in [5.41, 5.74) is 6.39. The molecule has 0 atom stereocenters. The fraction of sp³-hybridized carbons (Fsp3) is 0.125. The molecule has 0 fully saturated rings. The van der Waals surface area contributed by atoms with Crippen LogP contribution in [0, 0.1) is 0 Å². The van der Waals surface area contributed by atoms with Gasteiger partial charge in [-0.2, -0.15) is 0 Å². The van der Waals surface area contributed by atoms with Crippen LogP contribution in [0.1, 0.15) is 12.0 Å². The molecule has 1 N–H and O–H groups in total. The van der Waals surface area contributed by atoms with Crippen LogP contribution in [0.5, 0.6) is 5.75 Å². The number of hydrogen-bond acceptors (Lipinski definition) is 6. The van der Waals surface area contributed by atoms with E-state index in [9.17, 15) is 16.8 Å². The summed E-state index contributed by atoms with van der Waals surface area (Å²) in [5, 5.41) is 1.75. The van der Waals surface area contributed by atoms with E-state index in [0.717, 1.165) is 38.5 Å². The Morgan fingerprint density at radius 3 is 2.10 bits per heavy atom. The number of fused-ring (bicyclic) bond motifs is 3. The number of aromatic nitrogens is 2. The molecule has 0 bridgehead atoms. The number of para-hydroxylation sites is 1. The van der Waals surface area contributed by atoms with E-state index in [1.54, 1.807) is 49.5 Å². The molecule has 0 unspecified atom stereocenters. The van der Waals surface area contributed by atoms with E-state index in [4.69, 9.17) is 9.72 Å². The highest BCUT2D eigenvalue weighted by Gasteiger charge is 2.21. The van der Waals surface area contributed by atoms with Crippen molar-refractivity contribution in [3.63, 3.8) is 0 Å². The van der Waals surface area contributed by atoms with Crippen LogP contribution < -0.4 is 9.04 Å². The molecule has 50 heavy (non-hydrogen) atoms. The molecule has 0 saturated heterocycles. The van der Waals surface area contributed by atoms with Gasteiger partial charge in [-0.25, -0.2) is 21.8 Å². The molecule has 2 aromatic heterocycles. The Morgan fingerprint density at radius 1 is 0.740 bits per heavy atom. The molecule has 0 aliphatic heterocycles. The molecule has 7 aromatic rings. The maximum Gasteiger partial charge on any atom is 0.235 e. The fourth-order valence-corrected chi connectivity index (χ4v) is 8.70. The van der Waals surface area contributed by atoms with Gasteiger partial charge in [-0.1, -0.05) is 84.9 Å². The van der Waals surface area contributed by atoms with Crippen LogP contribution in [0.2, 0.25) is 0 Å². The minimum Gasteiger partial charge on any atom is -0.494 e. The van der Waals surface area contributed by atoms with Gasteiger partial charge in [0.05, 0.1) is 28.7 Å². The first-order valence-corrected chi connectivity index (χ1v) is 19.5. The van der Waals surface area contributed by atoms with Crippen molar-refractivity contribution in [1.29, 1.82) is 0 Å². The molecule has 252 valence electrons. The second kappa shape index (κ2) is 13.8. The summed E-state index contributed by atoms with van der Waals surface area (Å²) in [6.07, 6.45) is 2.18. The smallest absolute Gasteiger partial charge is 0.235 e. The normalized spacial score (nSPS) is 11.9. The van der Waals surface area contributed by atoms with Crippen molar-refractivity contribution in [2.75, 3.05) is 23.7 Å². The van der Waals surface area contributed by atoms with Gasteiger partial charge >= 0.3 is 0 Å². The third kappa shape index (κ3) is 6.85. The molecule has 0 aliphatic rings. The fourth-order valence-electron chi connectivity index (χ4n) is 6.14. The number of pyridine rings is 1. The van der Waals surface area contributed by atoms with Gasteiger partial charge in [0.1, 0.15) is 11.4 Å². The SMILES string of the molecule is CN(c1ccc(-c2cnc3[nH]c4ccc(CS(=O)(=O)c5ccccc5)cc4c3c2-c2ccccc2)cc1)S(=O)(=O)CCCOc1ccccc1. The van der Waals surface area contributed by atoms with E-state index >= 15 is 0 Å². The van der Waals surface area contributed by atoms with Gasteiger partial charge < -0.3 is 9.72 Å². The summed E-state index contributed by atoms with van der Waals surface area (Å²) in [5.74, 6) is 0.526. The van der Waals surface area contributed by atoms with Crippen molar-refractivity contribution in [2.24, 2.45) is 0 Å². The summed E-state index contributed by atoms with van der Waals surface area (Å²) in [7, 11) is -5.57. The van der Waals surface area contributed by atoms with Gasteiger partial charge in [0.25, 0.3) is 0 Å². The zero-order chi connectivity index (χ0) is 34.7. The van der Waals surface area contributed by atoms with E-state index in [1.165, 1.54) is 4.31 Å². The third-order valence-corrected chi connectivity index (χ3v) is 12.3. The van der Waals surface area contributed by atoms with E-state index in [0.29, 0.717) is 35.7 Å². The van der Waals surface area contributed by atoms with Gasteiger partial charge in [-0.05, 0) is 71.6 Å². The maximum absolute atomic E-state index is 13.3. The Kier molecular flexibility index (Phi) is 9.14. The third-order valence-electron chi connectivity index (χ3n) is 8.72. The summed E-state index contributed by atoms with van der Waals surface area (Å²) >= 11 is 0. The number of sulfone groups is 1. The number of benzene rings is 5. The number of nitrogens with one attached hydrogen (secondary N) is 1. The summed E-state index contributed by atoms with van der Waals surface area (Å²) < 4.78 is 59.9. The highest BCUT2D eigenvalue weighted by Crippen LogP contribution is 2.41. The van der Waals surface area contributed by atoms with Crippen molar-refractivity contribution in [1.82, 2.24) is 9.97 Å². The van der Waals surface area contributed by atoms with Gasteiger partial charge in [0.2, 0.25) is 10.0 Å². The number of ether oxygens (including phenoxy) is 1. The first kappa shape index (κ1) is 33.1. The molecule has 0 amide bonds. The predicted molar refractivity (Wildman–Crippen MR) is 201 cm³/mol. The minimum absolute atomic E-state index is 0.0496. The van der Waals surface area contributed by atoms with Crippen molar-refractivity contribution < 1.29 is 21.6 Å². The highest BCUT2D eigenvalue weighted by atomic mass is 32.2. The summed E-state index contributed by atoms with van der Waals surface area (Å²) in [6.45, 7) is 0.298. The zero-order valence-corrected chi connectivity index (χ0v) is 29.0. The topological polar surface area (TPSA) is 109 Å². The van der Waals surface area contributed by atoms with Crippen molar-refractivity contribution in [2.45, 2.75) is 17.1 Å². The zero-order valence-electron chi connectivity index (χ0n) is 27.4. The lowest BCUT2D eigenvalue weighted by atomic mass is 9.92. The second-order valence-electron chi connectivity index (χ2n) is 12.1. The highest BCUT2D eigenvalue weighted by molar-refractivity contribution is 7.92. The summed E-state index contributed by atoms with van der Waals surface area (Å²) in [4.78, 5) is 8.50. The predicted octanol–water partition coefficient (Wildman–Crippen LogP) is 8.26. The molecule has 8 nitrogen and oxygen atoms in total. The van der Waals surface area contributed by atoms with Crippen LogP contribution in [-0.4, -0.2) is 46.2 Å². The van der Waals surface area contributed by atoms with Crippen LogP contribution in [0.4, 0.5) is 5.69 Å². The standard InChI is InChI=1S/C40H35N3O5S2/c1-43(50(46,47)25-11-24-48-33-14-7-3-8-15-33)32-21-19-30(20-22-32)36-27-41-40-39(38(36)31-12-5-2-6-13-31)35-26-29(18-23-37(35)42-40)28-49(44,45)34-16-9-4-10-17-34/h2-10,12-23,26-27H,11,24-25,28H2,1H3,(H,41,42). The van der Waals surface area contributed by atoms with Crippen LogP contribution in [0.15, 0.2) is 145 Å². The Morgan fingerprint density at radius 2 is 1.40 bits per heavy atom. The molecule has 0 radical (unpaired) electrons. The maximum atomic E-state index is 13.3.